The van der Waals surface area contributed by atoms with Crippen molar-refractivity contribution < 1.29 is 28.6 Å². The summed E-state index contributed by atoms with van der Waals surface area (Å²) in [4.78, 5) is 32.3. The Labute approximate surface area is 266 Å². The van der Waals surface area contributed by atoms with E-state index in [9.17, 15) is 19.1 Å². The Bertz CT molecular complexity index is 1880. The van der Waals surface area contributed by atoms with Gasteiger partial charge in [-0.25, -0.2) is 4.39 Å². The minimum Gasteiger partial charge on any atom is -0.507 e. The highest BCUT2D eigenvalue weighted by Crippen LogP contribution is 2.45. The number of pyridine rings is 1. The van der Waals surface area contributed by atoms with Crippen molar-refractivity contribution in [3.8, 4) is 11.5 Å². The van der Waals surface area contributed by atoms with Gasteiger partial charge in [0.2, 0.25) is 5.13 Å². The summed E-state index contributed by atoms with van der Waals surface area (Å²) in [5.74, 6) is -1.32. The summed E-state index contributed by atoms with van der Waals surface area (Å²) in [6, 6.07) is 23.2. The third-order valence-electron chi connectivity index (χ3n) is 7.05. The topological polar surface area (TPSA) is 115 Å². The number of carbonyl (C=O) groups is 2. The van der Waals surface area contributed by atoms with Crippen LogP contribution in [0.1, 0.15) is 28.3 Å². The van der Waals surface area contributed by atoms with Crippen LogP contribution in [-0.2, 0) is 21.9 Å². The summed E-state index contributed by atoms with van der Waals surface area (Å²) in [5, 5.41) is 19.9. The fourth-order valence-corrected chi connectivity index (χ4v) is 6.69. The van der Waals surface area contributed by atoms with Crippen molar-refractivity contribution in [3.05, 3.63) is 131 Å². The molecule has 5 aromatic rings. The molecule has 45 heavy (non-hydrogen) atoms. The maximum atomic E-state index is 14.2. The van der Waals surface area contributed by atoms with Gasteiger partial charge >= 0.3 is 5.91 Å². The number of aromatic nitrogens is 3. The fourth-order valence-electron chi connectivity index (χ4n) is 4.83. The first-order valence-electron chi connectivity index (χ1n) is 13.7. The zero-order chi connectivity index (χ0) is 31.3. The second-order valence-corrected chi connectivity index (χ2v) is 12.0. The number of halogens is 1. The molecule has 9 nitrogen and oxygen atoms in total. The normalized spacial score (nSPS) is 15.8. The summed E-state index contributed by atoms with van der Waals surface area (Å²) in [7, 11) is 1.49. The molecule has 1 aliphatic heterocycles. The molecule has 226 valence electrons. The van der Waals surface area contributed by atoms with Gasteiger partial charge in [-0.1, -0.05) is 77.7 Å². The monoisotopic (exact) mass is 640 g/mol. The number of ketones is 1. The van der Waals surface area contributed by atoms with Gasteiger partial charge in [-0.05, 0) is 47.0 Å². The van der Waals surface area contributed by atoms with Crippen molar-refractivity contribution in [3.63, 3.8) is 0 Å². The van der Waals surface area contributed by atoms with Crippen molar-refractivity contribution in [1.29, 1.82) is 0 Å². The van der Waals surface area contributed by atoms with E-state index >= 15 is 0 Å². The van der Waals surface area contributed by atoms with Crippen LogP contribution in [0.25, 0.3) is 5.76 Å². The van der Waals surface area contributed by atoms with Gasteiger partial charge in [0.1, 0.15) is 18.2 Å². The van der Waals surface area contributed by atoms with E-state index in [0.717, 1.165) is 16.9 Å². The van der Waals surface area contributed by atoms with Gasteiger partial charge in [0.15, 0.2) is 15.8 Å². The lowest BCUT2D eigenvalue weighted by Gasteiger charge is -2.23. The molecule has 12 heteroatoms. The molecular formula is C33H25FN4O5S2. The van der Waals surface area contributed by atoms with E-state index in [1.165, 1.54) is 42.2 Å². The molecule has 1 aliphatic rings. The van der Waals surface area contributed by atoms with Gasteiger partial charge in [-0.2, -0.15) is 0 Å². The van der Waals surface area contributed by atoms with Crippen LogP contribution in [-0.4, -0.2) is 39.1 Å². The van der Waals surface area contributed by atoms with Crippen LogP contribution in [0.3, 0.4) is 0 Å². The number of thioether (sulfide) groups is 1. The van der Waals surface area contributed by atoms with Crippen LogP contribution < -0.4 is 14.4 Å². The molecule has 1 amide bonds. The second-order valence-electron chi connectivity index (χ2n) is 9.82. The maximum Gasteiger partial charge on any atom is 0.301 e. The number of amides is 1. The van der Waals surface area contributed by atoms with Crippen LogP contribution in [0.5, 0.6) is 11.5 Å². The van der Waals surface area contributed by atoms with Crippen LogP contribution in [0.2, 0.25) is 0 Å². The number of hydrogen-bond donors (Lipinski definition) is 1. The number of methoxy groups -OCH3 is 1. The first kappa shape index (κ1) is 30.0. The van der Waals surface area contributed by atoms with Crippen LogP contribution in [0.15, 0.2) is 107 Å². The van der Waals surface area contributed by atoms with E-state index in [-0.39, 0.29) is 22.3 Å². The van der Waals surface area contributed by atoms with E-state index in [4.69, 9.17) is 9.47 Å². The zero-order valence-electron chi connectivity index (χ0n) is 23.8. The Morgan fingerprint density at radius 2 is 1.73 bits per heavy atom. The number of ether oxygens (including phenoxy) is 2. The number of nitrogens with zero attached hydrogens (tertiary/aromatic N) is 4. The minimum absolute atomic E-state index is 0.123. The predicted molar refractivity (Wildman–Crippen MR) is 169 cm³/mol. The number of carbonyl (C=O) groups excluding carboxylic acids is 2. The second kappa shape index (κ2) is 13.3. The third kappa shape index (κ3) is 6.28. The average Bonchev–Trinajstić information content (AvgIpc) is 3.65. The van der Waals surface area contributed by atoms with Crippen molar-refractivity contribution in [2.24, 2.45) is 0 Å². The lowest BCUT2D eigenvalue weighted by Crippen LogP contribution is -2.29. The molecule has 0 spiro atoms. The maximum absolute atomic E-state index is 14.2. The van der Waals surface area contributed by atoms with Gasteiger partial charge in [-0.15, -0.1) is 10.2 Å². The van der Waals surface area contributed by atoms with Gasteiger partial charge in [0.05, 0.1) is 18.7 Å². The average molecular weight is 641 g/mol. The molecule has 2 aromatic heterocycles. The number of rotatable bonds is 10. The van der Waals surface area contributed by atoms with E-state index in [1.807, 2.05) is 30.3 Å². The molecule has 0 saturated carbocycles. The van der Waals surface area contributed by atoms with E-state index in [2.05, 4.69) is 15.2 Å². The molecule has 1 atom stereocenters. The first-order chi connectivity index (χ1) is 21.9. The fraction of sp³-hybridized carbons (Fsp3) is 0.121. The number of aliphatic hydroxyl groups is 1. The Balaban J connectivity index is 1.37. The Kier molecular flexibility index (Phi) is 8.85. The summed E-state index contributed by atoms with van der Waals surface area (Å²) >= 11 is 2.35. The molecule has 1 N–H and O–H groups in total. The highest BCUT2D eigenvalue weighted by molar-refractivity contribution is 8.00. The Morgan fingerprint density at radius 1 is 0.978 bits per heavy atom. The van der Waals surface area contributed by atoms with Crippen molar-refractivity contribution >= 4 is 45.7 Å². The highest BCUT2D eigenvalue weighted by Gasteiger charge is 2.48. The zero-order valence-corrected chi connectivity index (χ0v) is 25.4. The lowest BCUT2D eigenvalue weighted by atomic mass is 9.95. The summed E-state index contributed by atoms with van der Waals surface area (Å²) in [6.45, 7) is 0.301. The Hall–Kier alpha value is -5.07. The van der Waals surface area contributed by atoms with Crippen LogP contribution in [0.4, 0.5) is 9.52 Å². The molecule has 6 rings (SSSR count). The molecule has 1 fully saturated rings. The van der Waals surface area contributed by atoms with Crippen LogP contribution >= 0.6 is 23.1 Å². The number of Topliss-reactive ketones (excluding diaryl/α,β-unsaturated/α-hetero) is 1. The standard InChI is InChI=1S/C33H25FN4O5S2/c1-42-26-17-22(11-12-25(26)43-18-20-7-3-2-4-8-20)28-27(29(39)21-13-15-35-16-14-21)30(40)31(41)38(28)32-36-37-33(45-32)44-19-23-9-5-6-10-24(23)34/h2-17,28,39H,18-19H2,1H3. The number of hydrogen-bond acceptors (Lipinski definition) is 10. The van der Waals surface area contributed by atoms with E-state index in [1.54, 1.807) is 48.5 Å². The summed E-state index contributed by atoms with van der Waals surface area (Å²) in [6.07, 6.45) is 2.96. The molecular weight excluding hydrogens is 616 g/mol. The molecule has 1 saturated heterocycles. The number of aliphatic hydroxyl groups excluding tert-OH is 1. The quantitative estimate of drug-likeness (QED) is 0.0595. The number of benzene rings is 3. The largest absolute Gasteiger partial charge is 0.507 e. The molecule has 3 aromatic carbocycles. The molecule has 3 heterocycles. The Morgan fingerprint density at radius 3 is 2.49 bits per heavy atom. The predicted octanol–water partition coefficient (Wildman–Crippen LogP) is 6.58. The lowest BCUT2D eigenvalue weighted by molar-refractivity contribution is -0.132. The smallest absolute Gasteiger partial charge is 0.301 e. The van der Waals surface area contributed by atoms with Crippen molar-refractivity contribution in [1.82, 2.24) is 15.2 Å². The van der Waals surface area contributed by atoms with Gasteiger partial charge in [-0.3, -0.25) is 19.5 Å². The summed E-state index contributed by atoms with van der Waals surface area (Å²) < 4.78 is 26.3. The van der Waals surface area contributed by atoms with Crippen molar-refractivity contribution in [2.45, 2.75) is 22.7 Å². The van der Waals surface area contributed by atoms with E-state index < -0.39 is 17.7 Å². The van der Waals surface area contributed by atoms with Gasteiger partial charge < -0.3 is 14.6 Å². The van der Waals surface area contributed by atoms with Gasteiger partial charge in [0, 0.05) is 23.7 Å². The molecule has 0 radical (unpaired) electrons. The van der Waals surface area contributed by atoms with Gasteiger partial charge in [0.25, 0.3) is 5.78 Å². The molecule has 0 aliphatic carbocycles. The van der Waals surface area contributed by atoms with E-state index in [0.29, 0.717) is 44.9 Å². The van der Waals surface area contributed by atoms with Crippen LogP contribution in [0, 0.1) is 5.82 Å². The minimum atomic E-state index is -1.06. The number of anilines is 1. The third-order valence-corrected chi connectivity index (χ3v) is 9.15. The summed E-state index contributed by atoms with van der Waals surface area (Å²) in [5.41, 5.74) is 2.14. The SMILES string of the molecule is COc1cc(C2C(=C(O)c3ccncc3)C(=O)C(=O)N2c2nnc(SCc3ccccc3F)s2)ccc1OCc1ccccc1. The first-order valence-corrected chi connectivity index (χ1v) is 15.5. The van der Waals surface area contributed by atoms with Crippen molar-refractivity contribution in [2.75, 3.05) is 12.0 Å². The molecule has 0 bridgehead atoms. The highest BCUT2D eigenvalue weighted by atomic mass is 32.2. The molecule has 1 unspecified atom stereocenters.